The van der Waals surface area contributed by atoms with Crippen molar-refractivity contribution in [2.45, 2.75) is 62.8 Å². The highest BCUT2D eigenvalue weighted by Gasteiger charge is 2.44. The summed E-state index contributed by atoms with van der Waals surface area (Å²) in [5.41, 5.74) is -0.257. The van der Waals surface area contributed by atoms with E-state index in [0.29, 0.717) is 13.0 Å². The highest BCUT2D eigenvalue weighted by molar-refractivity contribution is 7.92. The van der Waals surface area contributed by atoms with Gasteiger partial charge in [0.25, 0.3) is 0 Å². The van der Waals surface area contributed by atoms with E-state index < -0.39 is 14.6 Å². The van der Waals surface area contributed by atoms with E-state index in [1.807, 2.05) is 6.92 Å². The molecule has 0 aromatic heterocycles. The normalized spacial score (nSPS) is 27.4. The number of ether oxygens (including phenoxy) is 1. The fourth-order valence-corrected chi connectivity index (χ4v) is 4.54. The van der Waals surface area contributed by atoms with E-state index in [0.717, 1.165) is 19.3 Å². The van der Waals surface area contributed by atoms with Gasteiger partial charge in [0, 0.05) is 20.2 Å². The summed E-state index contributed by atoms with van der Waals surface area (Å²) in [5.74, 6) is 0.0250. The van der Waals surface area contributed by atoms with E-state index in [-0.39, 0.29) is 30.0 Å². The molecule has 1 unspecified atom stereocenters. The molecule has 6 nitrogen and oxygen atoms in total. The lowest BCUT2D eigenvalue weighted by molar-refractivity contribution is -0.0920. The Balaban J connectivity index is 1.99. The van der Waals surface area contributed by atoms with Crippen LogP contribution >= 0.6 is 0 Å². The number of amides is 2. The first-order valence-corrected chi connectivity index (χ1v) is 9.62. The van der Waals surface area contributed by atoms with E-state index in [2.05, 4.69) is 5.32 Å². The molecule has 22 heavy (non-hydrogen) atoms. The second-order valence-electron chi connectivity index (χ2n) is 7.11. The van der Waals surface area contributed by atoms with Crippen molar-refractivity contribution in [2.75, 3.05) is 26.0 Å². The largest absolute Gasteiger partial charge is 0.376 e. The van der Waals surface area contributed by atoms with Gasteiger partial charge in [0.1, 0.15) is 0 Å². The monoisotopic (exact) mass is 332 g/mol. The molecule has 1 aliphatic heterocycles. The van der Waals surface area contributed by atoms with Crippen LogP contribution in [0.2, 0.25) is 0 Å². The Morgan fingerprint density at radius 1 is 1.23 bits per heavy atom. The van der Waals surface area contributed by atoms with Crippen LogP contribution in [0.15, 0.2) is 0 Å². The van der Waals surface area contributed by atoms with Crippen molar-refractivity contribution in [2.24, 2.45) is 0 Å². The SMILES string of the molecule is COC1(C(C)NC(=O)N2CCC(C)(C)S(=O)(=O)CC2)CCC1. The maximum Gasteiger partial charge on any atom is 0.317 e. The number of carbonyl (C=O) groups is 1. The average molecular weight is 332 g/mol. The van der Waals surface area contributed by atoms with Gasteiger partial charge < -0.3 is 15.0 Å². The van der Waals surface area contributed by atoms with E-state index >= 15 is 0 Å². The fourth-order valence-electron chi connectivity index (χ4n) is 3.13. The standard InChI is InChI=1S/C15H28N2O4S/c1-12(15(21-4)6-5-7-15)16-13(18)17-9-8-14(2,3)22(19,20)11-10-17/h12H,5-11H2,1-4H3,(H,16,18). The Labute approximate surface area is 133 Å². The maximum absolute atomic E-state index is 12.5. The number of methoxy groups -OCH3 is 1. The molecule has 0 radical (unpaired) electrons. The van der Waals surface area contributed by atoms with Crippen molar-refractivity contribution in [3.8, 4) is 0 Å². The van der Waals surface area contributed by atoms with Gasteiger partial charge in [0.15, 0.2) is 9.84 Å². The van der Waals surface area contributed by atoms with Crippen LogP contribution in [-0.4, -0.2) is 61.7 Å². The average Bonchev–Trinajstić information content (AvgIpc) is 2.46. The lowest BCUT2D eigenvalue weighted by Gasteiger charge is -2.45. The summed E-state index contributed by atoms with van der Waals surface area (Å²) in [6.45, 7) is 6.15. The zero-order valence-corrected chi connectivity index (χ0v) is 14.8. The van der Waals surface area contributed by atoms with Gasteiger partial charge in [0.2, 0.25) is 0 Å². The van der Waals surface area contributed by atoms with Crippen molar-refractivity contribution >= 4 is 15.9 Å². The number of nitrogens with one attached hydrogen (secondary N) is 1. The zero-order chi connectivity index (χ0) is 16.6. The van der Waals surface area contributed by atoms with Crippen molar-refractivity contribution in [3.05, 3.63) is 0 Å². The quantitative estimate of drug-likeness (QED) is 0.851. The summed E-state index contributed by atoms with van der Waals surface area (Å²) in [4.78, 5) is 14.1. The number of hydrogen-bond acceptors (Lipinski definition) is 4. The van der Waals surface area contributed by atoms with Crippen LogP contribution in [0.5, 0.6) is 0 Å². The van der Waals surface area contributed by atoms with Crippen LogP contribution in [0, 0.1) is 0 Å². The molecular weight excluding hydrogens is 304 g/mol. The van der Waals surface area contributed by atoms with Gasteiger partial charge in [-0.15, -0.1) is 0 Å². The second kappa shape index (κ2) is 6.00. The molecule has 2 amide bonds. The third-order valence-corrected chi connectivity index (χ3v) is 8.09. The maximum atomic E-state index is 12.5. The molecule has 1 heterocycles. The Kier molecular flexibility index (Phi) is 4.78. The molecule has 1 aliphatic carbocycles. The highest BCUT2D eigenvalue weighted by Crippen LogP contribution is 2.38. The van der Waals surface area contributed by atoms with E-state index in [1.54, 1.807) is 25.9 Å². The Bertz CT molecular complexity index is 520. The lowest BCUT2D eigenvalue weighted by Crippen LogP contribution is -2.58. The first-order valence-electron chi connectivity index (χ1n) is 7.96. The minimum atomic E-state index is -3.17. The van der Waals surface area contributed by atoms with Crippen LogP contribution in [0.1, 0.15) is 46.5 Å². The van der Waals surface area contributed by atoms with Crippen molar-refractivity contribution < 1.29 is 17.9 Å². The minimum absolute atomic E-state index is 0.0250. The first-order chi connectivity index (χ1) is 10.1. The topological polar surface area (TPSA) is 75.7 Å². The van der Waals surface area contributed by atoms with Gasteiger partial charge in [-0.1, -0.05) is 0 Å². The van der Waals surface area contributed by atoms with Crippen LogP contribution in [-0.2, 0) is 14.6 Å². The molecule has 2 aliphatic rings. The third kappa shape index (κ3) is 3.11. The summed E-state index contributed by atoms with van der Waals surface area (Å²) in [6, 6.07) is -0.268. The van der Waals surface area contributed by atoms with Crippen molar-refractivity contribution in [1.82, 2.24) is 10.2 Å². The van der Waals surface area contributed by atoms with E-state index in [1.165, 1.54) is 0 Å². The summed E-state index contributed by atoms with van der Waals surface area (Å²) in [5, 5.41) is 2.99. The Morgan fingerprint density at radius 3 is 2.36 bits per heavy atom. The van der Waals surface area contributed by atoms with Gasteiger partial charge in [-0.25, -0.2) is 13.2 Å². The molecule has 0 bridgehead atoms. The molecule has 1 saturated carbocycles. The third-order valence-electron chi connectivity index (χ3n) is 5.48. The molecule has 7 heteroatoms. The molecule has 1 saturated heterocycles. The number of carbonyl (C=O) groups excluding carboxylic acids is 1. The van der Waals surface area contributed by atoms with Crippen LogP contribution in [0.25, 0.3) is 0 Å². The minimum Gasteiger partial charge on any atom is -0.376 e. The van der Waals surface area contributed by atoms with E-state index in [4.69, 9.17) is 4.74 Å². The highest BCUT2D eigenvalue weighted by atomic mass is 32.2. The number of hydrogen-bond donors (Lipinski definition) is 1. The van der Waals surface area contributed by atoms with Gasteiger partial charge >= 0.3 is 6.03 Å². The first kappa shape index (κ1) is 17.5. The van der Waals surface area contributed by atoms with Gasteiger partial charge in [-0.3, -0.25) is 0 Å². The molecule has 2 rings (SSSR count). The van der Waals surface area contributed by atoms with Crippen molar-refractivity contribution in [1.29, 1.82) is 0 Å². The molecule has 2 fully saturated rings. The molecule has 1 atom stereocenters. The smallest absolute Gasteiger partial charge is 0.317 e. The molecule has 0 aromatic carbocycles. The van der Waals surface area contributed by atoms with Crippen LogP contribution in [0.4, 0.5) is 4.79 Å². The van der Waals surface area contributed by atoms with Gasteiger partial charge in [0.05, 0.1) is 22.1 Å². The van der Waals surface area contributed by atoms with Crippen LogP contribution in [0.3, 0.4) is 0 Å². The second-order valence-corrected chi connectivity index (χ2v) is 9.85. The molecule has 128 valence electrons. The summed E-state index contributed by atoms with van der Waals surface area (Å²) < 4.78 is 29.2. The number of rotatable bonds is 3. The zero-order valence-electron chi connectivity index (χ0n) is 14.0. The van der Waals surface area contributed by atoms with Gasteiger partial charge in [-0.05, 0) is 46.5 Å². The summed E-state index contributed by atoms with van der Waals surface area (Å²) in [6.07, 6.45) is 3.48. The van der Waals surface area contributed by atoms with Crippen molar-refractivity contribution in [3.63, 3.8) is 0 Å². The number of urea groups is 1. The molecule has 1 N–H and O–H groups in total. The van der Waals surface area contributed by atoms with E-state index in [9.17, 15) is 13.2 Å². The predicted octanol–water partition coefficient (Wildman–Crippen LogP) is 1.55. The Hall–Kier alpha value is -0.820. The number of nitrogens with zero attached hydrogens (tertiary/aromatic N) is 1. The van der Waals surface area contributed by atoms with Crippen LogP contribution < -0.4 is 5.32 Å². The molecule has 0 spiro atoms. The predicted molar refractivity (Wildman–Crippen MR) is 85.6 cm³/mol. The summed E-state index contributed by atoms with van der Waals surface area (Å²) >= 11 is 0. The van der Waals surface area contributed by atoms with Gasteiger partial charge in [-0.2, -0.15) is 0 Å². The number of sulfone groups is 1. The molecular formula is C15H28N2O4S. The fraction of sp³-hybridized carbons (Fsp3) is 0.933. The summed E-state index contributed by atoms with van der Waals surface area (Å²) in [7, 11) is -1.48. The lowest BCUT2D eigenvalue weighted by atomic mass is 9.75. The molecule has 0 aromatic rings. The Morgan fingerprint density at radius 2 is 1.86 bits per heavy atom.